The lowest BCUT2D eigenvalue weighted by molar-refractivity contribution is 0.354. The molecule has 0 N–H and O–H groups in total. The van der Waals surface area contributed by atoms with Gasteiger partial charge in [0.05, 0.1) is 18.8 Å². The molecule has 0 aliphatic carbocycles. The molecule has 4 aromatic rings. The number of methoxy groups -OCH3 is 2. The Morgan fingerprint density at radius 2 is 1.89 bits per heavy atom. The smallest absolute Gasteiger partial charge is 0.291 e. The van der Waals surface area contributed by atoms with Gasteiger partial charge in [-0.3, -0.25) is 4.79 Å². The number of rotatable bonds is 4. The highest BCUT2D eigenvalue weighted by Gasteiger charge is 2.13. The van der Waals surface area contributed by atoms with E-state index in [4.69, 9.17) is 9.47 Å². The fourth-order valence-corrected chi connectivity index (χ4v) is 3.62. The highest BCUT2D eigenvalue weighted by molar-refractivity contribution is 7.15. The zero-order valence-corrected chi connectivity index (χ0v) is 15.3. The van der Waals surface area contributed by atoms with Gasteiger partial charge in [0.25, 0.3) is 5.56 Å². The van der Waals surface area contributed by atoms with Gasteiger partial charge >= 0.3 is 0 Å². The number of thiazole rings is 1. The number of hydrogen-bond acceptors (Lipinski definition) is 6. The van der Waals surface area contributed by atoms with E-state index in [2.05, 4.69) is 10.1 Å². The minimum absolute atomic E-state index is 0.277. The summed E-state index contributed by atoms with van der Waals surface area (Å²) in [5.41, 5.74) is 1.09. The fourth-order valence-electron chi connectivity index (χ4n) is 2.72. The molecule has 0 fully saturated rings. The van der Waals surface area contributed by atoms with Crippen LogP contribution in [0.15, 0.2) is 47.3 Å². The first-order valence-corrected chi connectivity index (χ1v) is 8.80. The largest absolute Gasteiger partial charge is 0.493 e. The lowest BCUT2D eigenvalue weighted by Gasteiger charge is -2.09. The van der Waals surface area contributed by atoms with E-state index in [0.717, 1.165) is 5.56 Å². The van der Waals surface area contributed by atoms with Crippen LogP contribution < -0.4 is 19.6 Å². The number of ether oxygens (including phenoxy) is 2. The van der Waals surface area contributed by atoms with Crippen LogP contribution in [-0.4, -0.2) is 28.8 Å². The molecule has 0 radical (unpaired) electrons. The Morgan fingerprint density at radius 3 is 2.56 bits per heavy atom. The van der Waals surface area contributed by atoms with Crippen molar-refractivity contribution in [2.75, 3.05) is 14.2 Å². The van der Waals surface area contributed by atoms with Gasteiger partial charge in [-0.1, -0.05) is 23.5 Å². The van der Waals surface area contributed by atoms with Crippen LogP contribution >= 0.6 is 11.3 Å². The molecule has 8 heteroatoms. The molecule has 0 aliphatic rings. The van der Waals surface area contributed by atoms with Crippen LogP contribution in [0.5, 0.6) is 11.5 Å². The van der Waals surface area contributed by atoms with Gasteiger partial charge in [-0.05, 0) is 36.4 Å². The van der Waals surface area contributed by atoms with Crippen LogP contribution in [0.3, 0.4) is 0 Å². The molecular weight excluding hydrogens is 369 g/mol. The molecule has 0 amide bonds. The van der Waals surface area contributed by atoms with Crippen molar-refractivity contribution in [3.05, 3.63) is 68.7 Å². The van der Waals surface area contributed by atoms with Crippen LogP contribution in [0.4, 0.5) is 4.39 Å². The van der Waals surface area contributed by atoms with Crippen molar-refractivity contribution in [2.24, 2.45) is 0 Å². The highest BCUT2D eigenvalue weighted by Crippen LogP contribution is 2.31. The molecule has 0 spiro atoms. The molecule has 27 heavy (non-hydrogen) atoms. The average molecular weight is 383 g/mol. The quantitative estimate of drug-likeness (QED) is 0.542. The summed E-state index contributed by atoms with van der Waals surface area (Å²) < 4.78 is 25.5. The standard InChI is InChI=1S/C19H14FN3O3S/c1-25-14-5-3-4-12(16(14)26-2)10-15-18(24)23-19(27-15)21-17(22-23)11-6-8-13(20)9-7-11/h3-10H,1-2H3/b15-10-. The third-order valence-electron chi connectivity index (χ3n) is 4.00. The molecule has 0 saturated carbocycles. The van der Waals surface area contributed by atoms with Gasteiger partial charge in [-0.25, -0.2) is 4.39 Å². The molecule has 136 valence electrons. The number of hydrogen-bond donors (Lipinski definition) is 0. The second-order valence-electron chi connectivity index (χ2n) is 5.64. The summed E-state index contributed by atoms with van der Waals surface area (Å²) in [7, 11) is 3.10. The van der Waals surface area contributed by atoms with Crippen molar-refractivity contribution in [1.29, 1.82) is 0 Å². The zero-order valence-electron chi connectivity index (χ0n) is 14.5. The maximum absolute atomic E-state index is 13.1. The zero-order chi connectivity index (χ0) is 19.0. The number of fused-ring (bicyclic) bond motifs is 1. The predicted molar refractivity (Wildman–Crippen MR) is 101 cm³/mol. The number of benzene rings is 2. The van der Waals surface area contributed by atoms with E-state index < -0.39 is 0 Å². The van der Waals surface area contributed by atoms with Gasteiger partial charge < -0.3 is 9.47 Å². The van der Waals surface area contributed by atoms with Gasteiger partial charge in [0.2, 0.25) is 4.96 Å². The van der Waals surface area contributed by atoms with Crippen molar-refractivity contribution >= 4 is 22.4 Å². The maximum atomic E-state index is 13.1. The number of aromatic nitrogens is 3. The molecule has 0 saturated heterocycles. The molecular formula is C19H14FN3O3S. The Kier molecular flexibility index (Phi) is 4.33. The first-order chi connectivity index (χ1) is 13.1. The summed E-state index contributed by atoms with van der Waals surface area (Å²) in [6, 6.07) is 11.3. The number of para-hydroxylation sites is 1. The molecule has 0 bridgehead atoms. The summed E-state index contributed by atoms with van der Waals surface area (Å²) in [4.78, 5) is 17.5. The molecule has 4 rings (SSSR count). The van der Waals surface area contributed by atoms with Crippen LogP contribution in [-0.2, 0) is 0 Å². The number of nitrogens with zero attached hydrogens (tertiary/aromatic N) is 3. The average Bonchev–Trinajstić information content (AvgIpc) is 3.22. The van der Waals surface area contributed by atoms with Gasteiger partial charge in [0.15, 0.2) is 17.3 Å². The van der Waals surface area contributed by atoms with Crippen LogP contribution in [0.1, 0.15) is 5.56 Å². The first-order valence-electron chi connectivity index (χ1n) is 7.99. The van der Waals surface area contributed by atoms with E-state index in [1.165, 1.54) is 28.0 Å². The minimum atomic E-state index is -0.339. The molecule has 0 aliphatic heterocycles. The van der Waals surface area contributed by atoms with Crippen molar-refractivity contribution in [2.45, 2.75) is 0 Å². The van der Waals surface area contributed by atoms with Gasteiger partial charge in [0.1, 0.15) is 5.82 Å². The minimum Gasteiger partial charge on any atom is -0.493 e. The summed E-state index contributed by atoms with van der Waals surface area (Å²) in [6.07, 6.45) is 1.72. The molecule has 2 aromatic heterocycles. The molecule has 0 unspecified atom stereocenters. The first kappa shape index (κ1) is 17.2. The fraction of sp³-hybridized carbons (Fsp3) is 0.105. The molecule has 2 aromatic carbocycles. The van der Waals surface area contributed by atoms with Gasteiger partial charge in [-0.2, -0.15) is 9.50 Å². The molecule has 2 heterocycles. The Morgan fingerprint density at radius 1 is 1.11 bits per heavy atom. The van der Waals surface area contributed by atoms with Gasteiger partial charge in [0, 0.05) is 11.1 Å². The third-order valence-corrected chi connectivity index (χ3v) is 4.96. The van der Waals surface area contributed by atoms with Crippen molar-refractivity contribution < 1.29 is 13.9 Å². The summed E-state index contributed by atoms with van der Waals surface area (Å²) in [5.74, 6) is 1.17. The van der Waals surface area contributed by atoms with Gasteiger partial charge in [-0.15, -0.1) is 5.10 Å². The lowest BCUT2D eigenvalue weighted by atomic mass is 10.2. The van der Waals surface area contributed by atoms with E-state index in [1.54, 1.807) is 38.5 Å². The van der Waals surface area contributed by atoms with Crippen molar-refractivity contribution in [3.8, 4) is 22.9 Å². The van der Waals surface area contributed by atoms with E-state index in [1.807, 2.05) is 12.1 Å². The van der Waals surface area contributed by atoms with E-state index in [-0.39, 0.29) is 11.4 Å². The lowest BCUT2D eigenvalue weighted by Crippen LogP contribution is -2.23. The van der Waals surface area contributed by atoms with Crippen LogP contribution in [0.25, 0.3) is 22.4 Å². The van der Waals surface area contributed by atoms with E-state index in [0.29, 0.717) is 32.4 Å². The van der Waals surface area contributed by atoms with Crippen LogP contribution in [0, 0.1) is 5.82 Å². The summed E-state index contributed by atoms with van der Waals surface area (Å²) in [5, 5.41) is 4.26. The second-order valence-corrected chi connectivity index (χ2v) is 6.64. The molecule has 6 nitrogen and oxygen atoms in total. The Labute approximate surface area is 157 Å². The summed E-state index contributed by atoms with van der Waals surface area (Å²) >= 11 is 1.22. The highest BCUT2D eigenvalue weighted by atomic mass is 32.1. The number of halogens is 1. The van der Waals surface area contributed by atoms with Crippen molar-refractivity contribution in [1.82, 2.24) is 14.6 Å². The summed E-state index contributed by atoms with van der Waals surface area (Å²) in [6.45, 7) is 0. The Bertz CT molecular complexity index is 1230. The van der Waals surface area contributed by atoms with E-state index in [9.17, 15) is 9.18 Å². The Balaban J connectivity index is 1.82. The Hall–Kier alpha value is -3.26. The van der Waals surface area contributed by atoms with Crippen LogP contribution in [0.2, 0.25) is 0 Å². The maximum Gasteiger partial charge on any atom is 0.291 e. The second kappa shape index (κ2) is 6.81. The SMILES string of the molecule is COc1cccc(/C=c2\sc3nc(-c4ccc(F)cc4)nn3c2=O)c1OC. The normalized spacial score (nSPS) is 11.9. The predicted octanol–water partition coefficient (Wildman–Crippen LogP) is 2.52. The topological polar surface area (TPSA) is 65.7 Å². The third kappa shape index (κ3) is 3.04. The molecule has 0 atom stereocenters. The van der Waals surface area contributed by atoms with Crippen molar-refractivity contribution in [3.63, 3.8) is 0 Å². The van der Waals surface area contributed by atoms with E-state index >= 15 is 0 Å². The monoisotopic (exact) mass is 383 g/mol.